The molecule has 2 N–H and O–H groups in total. The first-order valence-corrected chi connectivity index (χ1v) is 11.8. The van der Waals surface area contributed by atoms with Crippen LogP contribution in [0.2, 0.25) is 10.0 Å². The third kappa shape index (κ3) is 7.99. The van der Waals surface area contributed by atoms with Gasteiger partial charge in [0.1, 0.15) is 6.61 Å². The van der Waals surface area contributed by atoms with Gasteiger partial charge in [0.05, 0.1) is 23.4 Å². The van der Waals surface area contributed by atoms with Gasteiger partial charge in [0, 0.05) is 11.3 Å². The second kappa shape index (κ2) is 13.3. The molecule has 0 fully saturated rings. The summed E-state index contributed by atoms with van der Waals surface area (Å²) in [6.07, 6.45) is 2.98. The number of benzene rings is 3. The molecule has 37 heavy (non-hydrogen) atoms. The summed E-state index contributed by atoms with van der Waals surface area (Å²) in [5.41, 5.74) is 4.94. The Morgan fingerprint density at radius 2 is 1.78 bits per heavy atom. The molecule has 3 aromatic carbocycles. The summed E-state index contributed by atoms with van der Waals surface area (Å²) in [5.74, 6) is 0.237. The topological polar surface area (TPSA) is 98.3 Å². The predicted molar refractivity (Wildman–Crippen MR) is 146 cm³/mol. The number of halogens is 2. The smallest absolute Gasteiger partial charge is 0.271 e. The molecule has 192 valence electrons. The predicted octanol–water partition coefficient (Wildman–Crippen LogP) is 5.66. The van der Waals surface area contributed by atoms with E-state index in [-0.39, 0.29) is 28.3 Å². The lowest BCUT2D eigenvalue weighted by Crippen LogP contribution is -2.20. The number of rotatable bonds is 11. The van der Waals surface area contributed by atoms with Gasteiger partial charge in [-0.3, -0.25) is 9.59 Å². The van der Waals surface area contributed by atoms with Crippen molar-refractivity contribution in [3.63, 3.8) is 0 Å². The average Bonchev–Trinajstić information content (AvgIpc) is 2.86. The largest absolute Gasteiger partial charge is 0.493 e. The Morgan fingerprint density at radius 3 is 2.46 bits per heavy atom. The summed E-state index contributed by atoms with van der Waals surface area (Å²) >= 11 is 12.6. The molecule has 2 amide bonds. The van der Waals surface area contributed by atoms with Gasteiger partial charge < -0.3 is 19.5 Å². The first kappa shape index (κ1) is 27.6. The van der Waals surface area contributed by atoms with Crippen LogP contribution in [0.25, 0.3) is 0 Å². The fraction of sp³-hybridized carbons (Fsp3) is 0.148. The Kier molecular flexibility index (Phi) is 9.94. The van der Waals surface area contributed by atoms with E-state index in [9.17, 15) is 9.59 Å². The second-order valence-electron chi connectivity index (χ2n) is 7.68. The molecule has 0 aliphatic rings. The lowest BCUT2D eigenvalue weighted by molar-refractivity contribution is -0.118. The van der Waals surface area contributed by atoms with Crippen LogP contribution in [0, 0.1) is 6.92 Å². The van der Waals surface area contributed by atoms with Crippen molar-refractivity contribution in [3.05, 3.63) is 94.0 Å². The Morgan fingerprint density at radius 1 is 1.03 bits per heavy atom. The highest BCUT2D eigenvalue weighted by molar-refractivity contribution is 6.37. The minimum atomic E-state index is -0.457. The van der Waals surface area contributed by atoms with Crippen LogP contribution in [-0.4, -0.2) is 38.4 Å². The van der Waals surface area contributed by atoms with Crippen molar-refractivity contribution < 1.29 is 23.8 Å². The molecule has 0 aliphatic heterocycles. The Labute approximate surface area is 224 Å². The van der Waals surface area contributed by atoms with Gasteiger partial charge in [0.25, 0.3) is 11.8 Å². The molecule has 0 saturated heterocycles. The lowest BCUT2D eigenvalue weighted by atomic mass is 10.2. The van der Waals surface area contributed by atoms with Gasteiger partial charge in [-0.15, -0.1) is 0 Å². The van der Waals surface area contributed by atoms with Crippen molar-refractivity contribution in [2.45, 2.75) is 6.92 Å². The van der Waals surface area contributed by atoms with Crippen LogP contribution in [-0.2, 0) is 4.79 Å². The zero-order valence-electron chi connectivity index (χ0n) is 20.2. The fourth-order valence-corrected chi connectivity index (χ4v) is 3.77. The van der Waals surface area contributed by atoms with Crippen LogP contribution in [0.15, 0.2) is 72.4 Å². The minimum Gasteiger partial charge on any atom is -0.493 e. The summed E-state index contributed by atoms with van der Waals surface area (Å²) in [6.45, 7) is 5.55. The summed E-state index contributed by atoms with van der Waals surface area (Å²) in [4.78, 5) is 24.7. The highest BCUT2D eigenvalue weighted by atomic mass is 35.5. The number of aryl methyl sites for hydroxylation is 1. The molecule has 0 unspecified atom stereocenters. The zero-order valence-corrected chi connectivity index (χ0v) is 21.7. The SMILES string of the molecule is C=CCOc1ccc(C(=O)N/N=C/c2cc(Cl)c(OCC(=O)Nc3cccc(C)c3)c(Cl)c2)cc1OC. The van der Waals surface area contributed by atoms with Crippen molar-refractivity contribution in [2.24, 2.45) is 5.10 Å². The third-order valence-corrected chi connectivity index (χ3v) is 5.39. The Balaban J connectivity index is 1.59. The van der Waals surface area contributed by atoms with E-state index in [4.69, 9.17) is 37.4 Å². The van der Waals surface area contributed by atoms with Gasteiger partial charge in [0.2, 0.25) is 0 Å². The van der Waals surface area contributed by atoms with Crippen LogP contribution in [0.5, 0.6) is 17.2 Å². The molecule has 10 heteroatoms. The fourth-order valence-electron chi connectivity index (χ4n) is 3.16. The monoisotopic (exact) mass is 541 g/mol. The summed E-state index contributed by atoms with van der Waals surface area (Å²) in [6, 6.07) is 15.2. The maximum atomic E-state index is 12.5. The van der Waals surface area contributed by atoms with Gasteiger partial charge in [-0.25, -0.2) is 5.43 Å². The summed E-state index contributed by atoms with van der Waals surface area (Å²) in [5, 5.41) is 7.07. The van der Waals surface area contributed by atoms with Crippen LogP contribution >= 0.6 is 23.2 Å². The maximum Gasteiger partial charge on any atom is 0.271 e. The Hall–Kier alpha value is -4.01. The van der Waals surface area contributed by atoms with E-state index in [0.29, 0.717) is 34.9 Å². The van der Waals surface area contributed by atoms with E-state index in [2.05, 4.69) is 22.4 Å². The number of carbonyl (C=O) groups is 2. The van der Waals surface area contributed by atoms with Gasteiger partial charge in [-0.2, -0.15) is 5.10 Å². The molecule has 3 rings (SSSR count). The quantitative estimate of drug-likeness (QED) is 0.185. The van der Waals surface area contributed by atoms with E-state index < -0.39 is 5.91 Å². The molecule has 0 radical (unpaired) electrons. The van der Waals surface area contributed by atoms with Gasteiger partial charge in [0.15, 0.2) is 23.9 Å². The van der Waals surface area contributed by atoms with E-state index in [1.54, 1.807) is 36.4 Å². The van der Waals surface area contributed by atoms with Crippen molar-refractivity contribution in [1.29, 1.82) is 0 Å². The van der Waals surface area contributed by atoms with Gasteiger partial charge >= 0.3 is 0 Å². The minimum absolute atomic E-state index is 0.162. The number of methoxy groups -OCH3 is 1. The number of anilines is 1. The van der Waals surface area contributed by atoms with E-state index in [0.717, 1.165) is 5.56 Å². The number of carbonyl (C=O) groups excluding carboxylic acids is 2. The molecule has 0 atom stereocenters. The van der Waals surface area contributed by atoms with Crippen molar-refractivity contribution in [2.75, 3.05) is 25.6 Å². The average molecular weight is 542 g/mol. The standard InChI is InChI=1S/C27H25Cl2N3O5/c1-4-10-36-23-9-8-19(14-24(23)35-3)27(34)32-30-15-18-12-21(28)26(22(29)13-18)37-16-25(33)31-20-7-5-6-17(2)11-20/h4-9,11-15H,1,10,16H2,2-3H3,(H,31,33)(H,32,34)/b30-15+. The second-order valence-corrected chi connectivity index (χ2v) is 8.50. The van der Waals surface area contributed by atoms with Crippen LogP contribution in [0.3, 0.4) is 0 Å². The van der Waals surface area contributed by atoms with E-state index in [1.807, 2.05) is 25.1 Å². The lowest BCUT2D eigenvalue weighted by Gasteiger charge is -2.11. The van der Waals surface area contributed by atoms with Gasteiger partial charge in [-0.05, 0) is 60.5 Å². The highest BCUT2D eigenvalue weighted by Gasteiger charge is 2.13. The van der Waals surface area contributed by atoms with Crippen LogP contribution in [0.4, 0.5) is 5.69 Å². The summed E-state index contributed by atoms with van der Waals surface area (Å²) < 4.78 is 16.3. The number of hydrazone groups is 1. The molecule has 0 heterocycles. The molecule has 0 bridgehead atoms. The molecule has 0 aromatic heterocycles. The Bertz CT molecular complexity index is 1300. The number of amides is 2. The number of hydrogen-bond donors (Lipinski definition) is 2. The van der Waals surface area contributed by atoms with Gasteiger partial charge in [-0.1, -0.05) is 48.0 Å². The molecule has 0 saturated carbocycles. The third-order valence-electron chi connectivity index (χ3n) is 4.83. The van der Waals surface area contributed by atoms with E-state index >= 15 is 0 Å². The normalized spacial score (nSPS) is 10.6. The number of ether oxygens (including phenoxy) is 3. The van der Waals surface area contributed by atoms with Crippen molar-refractivity contribution in [3.8, 4) is 17.2 Å². The van der Waals surface area contributed by atoms with Crippen LogP contribution in [0.1, 0.15) is 21.5 Å². The molecule has 8 nitrogen and oxygen atoms in total. The molecular weight excluding hydrogens is 517 g/mol. The number of nitrogens with zero attached hydrogens (tertiary/aromatic N) is 1. The molecular formula is C27H25Cl2N3O5. The highest BCUT2D eigenvalue weighted by Crippen LogP contribution is 2.34. The maximum absolute atomic E-state index is 12.5. The number of nitrogens with one attached hydrogen (secondary N) is 2. The van der Waals surface area contributed by atoms with Crippen molar-refractivity contribution >= 4 is 46.9 Å². The summed E-state index contributed by atoms with van der Waals surface area (Å²) in [7, 11) is 1.48. The first-order valence-electron chi connectivity index (χ1n) is 11.0. The van der Waals surface area contributed by atoms with Crippen molar-refractivity contribution in [1.82, 2.24) is 5.43 Å². The van der Waals surface area contributed by atoms with E-state index in [1.165, 1.54) is 19.4 Å². The molecule has 3 aromatic rings. The zero-order chi connectivity index (χ0) is 26.8. The van der Waals surface area contributed by atoms with Crippen LogP contribution < -0.4 is 25.0 Å². The molecule has 0 spiro atoms. The first-order chi connectivity index (χ1) is 17.8. The molecule has 0 aliphatic carbocycles. The number of hydrogen-bond acceptors (Lipinski definition) is 6.